The Hall–Kier alpha value is -1.38. The third-order valence-corrected chi connectivity index (χ3v) is 5.89. The lowest BCUT2D eigenvalue weighted by Crippen LogP contribution is -2.53. The van der Waals surface area contributed by atoms with E-state index in [9.17, 15) is 14.7 Å². The highest BCUT2D eigenvalue weighted by atomic mass is 16.4. The molecule has 0 radical (unpaired) electrons. The van der Waals surface area contributed by atoms with Gasteiger partial charge in [0.25, 0.3) is 0 Å². The van der Waals surface area contributed by atoms with Gasteiger partial charge in [-0.1, -0.05) is 31.6 Å². The highest BCUT2D eigenvalue weighted by Crippen LogP contribution is 2.61. The molecule has 3 heteroatoms. The molecule has 3 nitrogen and oxygen atoms in total. The lowest BCUT2D eigenvalue weighted by atomic mass is 9.47. The average molecular weight is 290 g/mol. The van der Waals surface area contributed by atoms with E-state index < -0.39 is 11.4 Å². The second-order valence-electron chi connectivity index (χ2n) is 7.28. The molecular formula is C18H26O3. The third-order valence-electron chi connectivity index (χ3n) is 5.89. The molecule has 0 amide bonds. The van der Waals surface area contributed by atoms with Crippen LogP contribution in [0, 0.1) is 22.7 Å². The smallest absolute Gasteiger partial charge is 0.309 e. The second kappa shape index (κ2) is 5.43. The molecule has 0 spiro atoms. The summed E-state index contributed by atoms with van der Waals surface area (Å²) < 4.78 is 0. The van der Waals surface area contributed by atoms with Crippen molar-refractivity contribution in [1.29, 1.82) is 0 Å². The van der Waals surface area contributed by atoms with E-state index in [0.29, 0.717) is 0 Å². The number of rotatable bonds is 3. The highest BCUT2D eigenvalue weighted by molar-refractivity contribution is 5.87. The van der Waals surface area contributed by atoms with Crippen molar-refractivity contribution in [3.8, 4) is 0 Å². The van der Waals surface area contributed by atoms with Gasteiger partial charge in [0.15, 0.2) is 5.78 Å². The molecule has 0 unspecified atom stereocenters. The van der Waals surface area contributed by atoms with Crippen molar-refractivity contribution < 1.29 is 14.7 Å². The molecule has 21 heavy (non-hydrogen) atoms. The topological polar surface area (TPSA) is 54.4 Å². The van der Waals surface area contributed by atoms with Crippen molar-refractivity contribution in [3.05, 3.63) is 24.3 Å². The summed E-state index contributed by atoms with van der Waals surface area (Å²) in [5.41, 5.74) is 0.378. The van der Waals surface area contributed by atoms with Crippen molar-refractivity contribution in [3.63, 3.8) is 0 Å². The molecule has 2 aliphatic carbocycles. The summed E-state index contributed by atoms with van der Waals surface area (Å²) in [5.74, 6) is -0.395. The molecule has 0 saturated heterocycles. The Morgan fingerprint density at radius 1 is 1.33 bits per heavy atom. The molecular weight excluding hydrogens is 264 g/mol. The van der Waals surface area contributed by atoms with Crippen LogP contribution in [0.15, 0.2) is 24.3 Å². The molecule has 2 rings (SSSR count). The van der Waals surface area contributed by atoms with Gasteiger partial charge in [-0.3, -0.25) is 9.59 Å². The summed E-state index contributed by atoms with van der Waals surface area (Å²) in [6, 6.07) is 0. The maximum absolute atomic E-state index is 11.8. The van der Waals surface area contributed by atoms with Crippen LogP contribution in [0.1, 0.15) is 52.9 Å². The molecule has 0 aromatic rings. The standard InChI is InChI=1S/C18H26O3/c1-12-6-9-15-17(3,14(12)8-7-13(2)19)10-5-11-18(15,4)16(20)21/h7-8,14-15H,1,5-6,9-11H2,2-4H3,(H,20,21)/t14-,15+,17-,18-/m0/s1. The monoisotopic (exact) mass is 290 g/mol. The zero-order valence-corrected chi connectivity index (χ0v) is 13.3. The summed E-state index contributed by atoms with van der Waals surface area (Å²) in [6.07, 6.45) is 8.01. The van der Waals surface area contributed by atoms with E-state index in [1.54, 1.807) is 13.0 Å². The van der Waals surface area contributed by atoms with Crippen molar-refractivity contribution >= 4 is 11.8 Å². The number of ketones is 1. The number of carbonyl (C=O) groups excluding carboxylic acids is 1. The van der Waals surface area contributed by atoms with Gasteiger partial charge in [0.1, 0.15) is 0 Å². The Morgan fingerprint density at radius 2 is 2.00 bits per heavy atom. The van der Waals surface area contributed by atoms with Crippen LogP contribution in [0.25, 0.3) is 0 Å². The average Bonchev–Trinajstić information content (AvgIpc) is 2.36. The van der Waals surface area contributed by atoms with E-state index >= 15 is 0 Å². The van der Waals surface area contributed by atoms with Gasteiger partial charge < -0.3 is 5.11 Å². The van der Waals surface area contributed by atoms with Gasteiger partial charge >= 0.3 is 5.97 Å². The number of allylic oxidation sites excluding steroid dienone is 3. The number of aliphatic carboxylic acids is 1. The first-order valence-corrected chi connectivity index (χ1v) is 7.81. The molecule has 116 valence electrons. The van der Waals surface area contributed by atoms with Gasteiger partial charge in [0.05, 0.1) is 5.41 Å². The van der Waals surface area contributed by atoms with Crippen LogP contribution in [0.5, 0.6) is 0 Å². The molecule has 0 aromatic heterocycles. The first kappa shape index (κ1) is 16.0. The van der Waals surface area contributed by atoms with E-state index in [0.717, 1.165) is 37.7 Å². The lowest BCUT2D eigenvalue weighted by Gasteiger charge is -2.56. The number of carboxylic acids is 1. The van der Waals surface area contributed by atoms with E-state index in [2.05, 4.69) is 13.5 Å². The number of carboxylic acid groups (broad SMARTS) is 1. The number of hydrogen-bond donors (Lipinski definition) is 1. The zero-order valence-electron chi connectivity index (χ0n) is 13.3. The Kier molecular flexibility index (Phi) is 4.14. The Morgan fingerprint density at radius 3 is 2.57 bits per heavy atom. The molecule has 1 N–H and O–H groups in total. The van der Waals surface area contributed by atoms with E-state index in [-0.39, 0.29) is 23.0 Å². The van der Waals surface area contributed by atoms with Gasteiger partial charge in [-0.05, 0) is 56.9 Å². The van der Waals surface area contributed by atoms with Crippen LogP contribution in [-0.4, -0.2) is 16.9 Å². The molecule has 0 heterocycles. The molecule has 0 bridgehead atoms. The quantitative estimate of drug-likeness (QED) is 0.631. The SMILES string of the molecule is C=C1CC[C@@H]2[C@@](C)(CCC[C@]2(C)C(=O)O)[C@H]1C=CC(C)=O. The minimum absolute atomic E-state index is 0.0327. The fourth-order valence-electron chi connectivity index (χ4n) is 4.73. The van der Waals surface area contributed by atoms with Crippen molar-refractivity contribution in [2.75, 3.05) is 0 Å². The first-order valence-electron chi connectivity index (χ1n) is 7.81. The van der Waals surface area contributed by atoms with Gasteiger partial charge in [-0.15, -0.1) is 0 Å². The molecule has 4 atom stereocenters. The molecule has 2 saturated carbocycles. The molecule has 2 fully saturated rings. The van der Waals surface area contributed by atoms with Crippen LogP contribution in [0.2, 0.25) is 0 Å². The summed E-state index contributed by atoms with van der Waals surface area (Å²) in [5, 5.41) is 9.73. The van der Waals surface area contributed by atoms with E-state index in [1.807, 2.05) is 13.0 Å². The summed E-state index contributed by atoms with van der Waals surface area (Å²) in [4.78, 5) is 23.1. The van der Waals surface area contributed by atoms with Crippen LogP contribution in [0.4, 0.5) is 0 Å². The van der Waals surface area contributed by atoms with Gasteiger partial charge in [-0.25, -0.2) is 0 Å². The molecule has 2 aliphatic rings. The normalized spacial score (nSPS) is 40.0. The Balaban J connectivity index is 2.42. The van der Waals surface area contributed by atoms with Crippen LogP contribution in [0.3, 0.4) is 0 Å². The third kappa shape index (κ3) is 2.58. The Bertz CT molecular complexity index is 505. The maximum atomic E-state index is 11.8. The van der Waals surface area contributed by atoms with Crippen LogP contribution < -0.4 is 0 Å². The maximum Gasteiger partial charge on any atom is 0.309 e. The van der Waals surface area contributed by atoms with E-state index in [1.165, 1.54) is 0 Å². The minimum atomic E-state index is -0.680. The number of hydrogen-bond acceptors (Lipinski definition) is 2. The highest BCUT2D eigenvalue weighted by Gasteiger charge is 2.56. The van der Waals surface area contributed by atoms with Crippen LogP contribution >= 0.6 is 0 Å². The number of carbonyl (C=O) groups is 2. The minimum Gasteiger partial charge on any atom is -0.481 e. The van der Waals surface area contributed by atoms with E-state index in [4.69, 9.17) is 0 Å². The van der Waals surface area contributed by atoms with Crippen molar-refractivity contribution in [1.82, 2.24) is 0 Å². The second-order valence-corrected chi connectivity index (χ2v) is 7.28. The Labute approximate surface area is 127 Å². The van der Waals surface area contributed by atoms with Crippen molar-refractivity contribution in [2.45, 2.75) is 52.9 Å². The summed E-state index contributed by atoms with van der Waals surface area (Å²) in [7, 11) is 0. The van der Waals surface area contributed by atoms with Gasteiger partial charge in [-0.2, -0.15) is 0 Å². The summed E-state index contributed by atoms with van der Waals surface area (Å²) >= 11 is 0. The molecule has 0 aromatic carbocycles. The van der Waals surface area contributed by atoms with Gasteiger partial charge in [0.2, 0.25) is 0 Å². The first-order chi connectivity index (χ1) is 9.71. The summed E-state index contributed by atoms with van der Waals surface area (Å²) in [6.45, 7) is 9.83. The van der Waals surface area contributed by atoms with Crippen molar-refractivity contribution in [2.24, 2.45) is 22.7 Å². The fourth-order valence-corrected chi connectivity index (χ4v) is 4.73. The fraction of sp³-hybridized carbons (Fsp3) is 0.667. The predicted molar refractivity (Wildman–Crippen MR) is 82.9 cm³/mol. The molecule has 0 aliphatic heterocycles. The lowest BCUT2D eigenvalue weighted by molar-refractivity contribution is -0.163. The number of fused-ring (bicyclic) bond motifs is 1. The van der Waals surface area contributed by atoms with Gasteiger partial charge in [0, 0.05) is 5.92 Å². The zero-order chi connectivity index (χ0) is 15.8. The largest absolute Gasteiger partial charge is 0.481 e. The van der Waals surface area contributed by atoms with Crippen LogP contribution in [-0.2, 0) is 9.59 Å². The predicted octanol–water partition coefficient (Wildman–Crippen LogP) is 4.00.